The average molecular weight is 356 g/mol. The van der Waals surface area contributed by atoms with Crippen molar-refractivity contribution < 1.29 is 9.13 Å². The van der Waals surface area contributed by atoms with Crippen LogP contribution in [0.3, 0.4) is 0 Å². The van der Waals surface area contributed by atoms with Crippen LogP contribution in [0, 0.1) is 5.82 Å². The van der Waals surface area contributed by atoms with Gasteiger partial charge < -0.3 is 15.9 Å². The van der Waals surface area contributed by atoms with Crippen LogP contribution in [0.25, 0.3) is 5.70 Å². The quantitative estimate of drug-likeness (QED) is 0.524. The van der Waals surface area contributed by atoms with Crippen LogP contribution in [-0.2, 0) is 11.3 Å². The topological polar surface area (TPSA) is 76.5 Å². The molecule has 26 heavy (non-hydrogen) atoms. The van der Waals surface area contributed by atoms with Crippen LogP contribution in [0.5, 0.6) is 0 Å². The highest BCUT2D eigenvalue weighted by atomic mass is 19.1. The number of nitrogens with zero attached hydrogens (tertiary/aromatic N) is 1. The zero-order chi connectivity index (χ0) is 18.4. The molecule has 1 atom stereocenters. The number of hydrogen-bond donors (Lipinski definition) is 3. The molecule has 0 bridgehead atoms. The predicted octanol–water partition coefficient (Wildman–Crippen LogP) is 2.21. The van der Waals surface area contributed by atoms with Crippen LogP contribution in [0.2, 0.25) is 0 Å². The minimum absolute atomic E-state index is 0.107. The van der Waals surface area contributed by atoms with Gasteiger partial charge in [-0.05, 0) is 24.1 Å². The molecule has 3 rings (SSSR count). The highest BCUT2D eigenvalue weighted by molar-refractivity contribution is 5.66. The molecule has 0 spiro atoms. The smallest absolute Gasteiger partial charge is 0.132 e. The Morgan fingerprint density at radius 2 is 1.88 bits per heavy atom. The molecule has 0 aliphatic carbocycles. The third-order valence-corrected chi connectivity index (χ3v) is 4.60. The molecule has 6 heteroatoms. The number of nitrogens with one attached hydrogen (secondary N) is 1. The van der Waals surface area contributed by atoms with E-state index in [1.165, 1.54) is 11.6 Å². The van der Waals surface area contributed by atoms with Gasteiger partial charge >= 0.3 is 0 Å². The summed E-state index contributed by atoms with van der Waals surface area (Å²) in [7, 11) is 0. The molecule has 0 amide bonds. The van der Waals surface area contributed by atoms with Gasteiger partial charge in [0.25, 0.3) is 0 Å². The standard InChI is InChI=1S/C20H25FN4O/c21-18-9-5-4-8-17(18)20(22)19(24-23)14-26-16-10-11-25(13-16)12-15-6-2-1-3-7-15/h1-9,16,24H,10-14,22-23H2/b20-19-. The Bertz CT molecular complexity index is 750. The van der Waals surface area contributed by atoms with Gasteiger partial charge in [-0.2, -0.15) is 0 Å². The first kappa shape index (κ1) is 18.4. The molecular weight excluding hydrogens is 331 g/mol. The molecule has 2 aromatic carbocycles. The van der Waals surface area contributed by atoms with E-state index >= 15 is 0 Å². The fourth-order valence-electron chi connectivity index (χ4n) is 3.16. The van der Waals surface area contributed by atoms with Gasteiger partial charge in [0.15, 0.2) is 0 Å². The van der Waals surface area contributed by atoms with Gasteiger partial charge in [-0.25, -0.2) is 4.39 Å². The van der Waals surface area contributed by atoms with Crippen molar-refractivity contribution >= 4 is 5.70 Å². The molecule has 1 aliphatic rings. The van der Waals surface area contributed by atoms with E-state index in [2.05, 4.69) is 34.6 Å². The summed E-state index contributed by atoms with van der Waals surface area (Å²) in [6, 6.07) is 16.7. The van der Waals surface area contributed by atoms with Crippen molar-refractivity contribution in [2.45, 2.75) is 19.1 Å². The number of likely N-dealkylation sites (tertiary alicyclic amines) is 1. The number of hydrogen-bond acceptors (Lipinski definition) is 5. The van der Waals surface area contributed by atoms with Crippen LogP contribution in [0.15, 0.2) is 60.3 Å². The Kier molecular flexibility index (Phi) is 6.22. The number of ether oxygens (including phenoxy) is 1. The summed E-state index contributed by atoms with van der Waals surface area (Å²) in [5, 5.41) is 0. The second-order valence-electron chi connectivity index (χ2n) is 6.46. The lowest BCUT2D eigenvalue weighted by Crippen LogP contribution is -2.30. The molecule has 1 heterocycles. The SMILES string of the molecule is NN/C(COC1CCN(Cc2ccccc2)C1)=C(\N)c1ccccc1F. The molecule has 5 N–H and O–H groups in total. The third-order valence-electron chi connectivity index (χ3n) is 4.60. The van der Waals surface area contributed by atoms with E-state index in [4.69, 9.17) is 16.3 Å². The lowest BCUT2D eigenvalue weighted by molar-refractivity contribution is 0.0725. The lowest BCUT2D eigenvalue weighted by Gasteiger charge is -2.18. The van der Waals surface area contributed by atoms with Gasteiger partial charge in [0, 0.05) is 25.2 Å². The summed E-state index contributed by atoms with van der Waals surface area (Å²) in [4.78, 5) is 2.36. The van der Waals surface area contributed by atoms with Gasteiger partial charge in [-0.1, -0.05) is 42.5 Å². The van der Waals surface area contributed by atoms with Gasteiger partial charge in [0.2, 0.25) is 0 Å². The van der Waals surface area contributed by atoms with Crippen molar-refractivity contribution in [2.75, 3.05) is 19.7 Å². The molecule has 1 saturated heterocycles. The summed E-state index contributed by atoms with van der Waals surface area (Å²) in [6.45, 7) is 2.97. The Hall–Kier alpha value is -2.41. The number of rotatable bonds is 7. The fourth-order valence-corrected chi connectivity index (χ4v) is 3.16. The Morgan fingerprint density at radius 1 is 1.15 bits per heavy atom. The summed E-state index contributed by atoms with van der Waals surface area (Å²) < 4.78 is 19.9. The number of benzene rings is 2. The van der Waals surface area contributed by atoms with Gasteiger partial charge in [-0.3, -0.25) is 10.7 Å². The first-order valence-corrected chi connectivity index (χ1v) is 8.75. The second kappa shape index (κ2) is 8.80. The summed E-state index contributed by atoms with van der Waals surface area (Å²) in [6.07, 6.45) is 1.06. The Labute approximate surface area is 153 Å². The average Bonchev–Trinajstić information content (AvgIpc) is 3.10. The van der Waals surface area contributed by atoms with Gasteiger partial charge in [-0.15, -0.1) is 0 Å². The van der Waals surface area contributed by atoms with E-state index in [9.17, 15) is 4.39 Å². The molecule has 5 nitrogen and oxygen atoms in total. The van der Waals surface area contributed by atoms with Crippen molar-refractivity contribution in [1.29, 1.82) is 0 Å². The summed E-state index contributed by atoms with van der Waals surface area (Å²) >= 11 is 0. The first-order chi connectivity index (χ1) is 12.7. The molecule has 0 radical (unpaired) electrons. The minimum Gasteiger partial charge on any atom is -0.397 e. The van der Waals surface area contributed by atoms with Crippen LogP contribution in [-0.4, -0.2) is 30.7 Å². The van der Waals surface area contributed by atoms with E-state index in [-0.39, 0.29) is 24.2 Å². The van der Waals surface area contributed by atoms with E-state index in [1.807, 2.05) is 6.07 Å². The lowest BCUT2D eigenvalue weighted by atomic mass is 10.1. The molecule has 0 aromatic heterocycles. The molecule has 2 aromatic rings. The molecule has 1 fully saturated rings. The number of halogens is 1. The van der Waals surface area contributed by atoms with Crippen LogP contribution >= 0.6 is 0 Å². The zero-order valence-corrected chi connectivity index (χ0v) is 14.7. The Balaban J connectivity index is 1.56. The Morgan fingerprint density at radius 3 is 2.62 bits per heavy atom. The second-order valence-corrected chi connectivity index (χ2v) is 6.46. The summed E-state index contributed by atoms with van der Waals surface area (Å²) in [5.41, 5.74) is 11.0. The van der Waals surface area contributed by atoms with Crippen LogP contribution in [0.4, 0.5) is 4.39 Å². The normalized spacial score (nSPS) is 18.6. The zero-order valence-electron chi connectivity index (χ0n) is 14.7. The van der Waals surface area contributed by atoms with E-state index < -0.39 is 0 Å². The third kappa shape index (κ3) is 4.60. The maximum Gasteiger partial charge on any atom is 0.132 e. The van der Waals surface area contributed by atoms with Crippen molar-refractivity contribution in [3.63, 3.8) is 0 Å². The maximum absolute atomic E-state index is 13.9. The first-order valence-electron chi connectivity index (χ1n) is 8.75. The molecule has 1 aliphatic heterocycles. The monoisotopic (exact) mass is 356 g/mol. The maximum atomic E-state index is 13.9. The van der Waals surface area contributed by atoms with Crippen LogP contribution in [0.1, 0.15) is 17.5 Å². The highest BCUT2D eigenvalue weighted by Crippen LogP contribution is 2.19. The van der Waals surface area contributed by atoms with Crippen molar-refractivity contribution in [1.82, 2.24) is 10.3 Å². The van der Waals surface area contributed by atoms with Crippen molar-refractivity contribution in [2.24, 2.45) is 11.6 Å². The van der Waals surface area contributed by atoms with E-state index in [0.29, 0.717) is 11.3 Å². The molecular formula is C20H25FN4O. The minimum atomic E-state index is -0.382. The van der Waals surface area contributed by atoms with Gasteiger partial charge in [0.1, 0.15) is 5.82 Å². The fraction of sp³-hybridized carbons (Fsp3) is 0.300. The van der Waals surface area contributed by atoms with Crippen molar-refractivity contribution in [3.05, 3.63) is 77.2 Å². The molecule has 0 saturated carbocycles. The molecule has 1 unspecified atom stereocenters. The highest BCUT2D eigenvalue weighted by Gasteiger charge is 2.23. The molecule has 138 valence electrons. The predicted molar refractivity (Wildman–Crippen MR) is 101 cm³/mol. The van der Waals surface area contributed by atoms with E-state index in [0.717, 1.165) is 26.1 Å². The van der Waals surface area contributed by atoms with Gasteiger partial charge in [0.05, 0.1) is 24.1 Å². The largest absolute Gasteiger partial charge is 0.397 e. The number of hydrazine groups is 1. The van der Waals surface area contributed by atoms with E-state index in [1.54, 1.807) is 18.2 Å². The van der Waals surface area contributed by atoms with Crippen molar-refractivity contribution in [3.8, 4) is 0 Å². The van der Waals surface area contributed by atoms with Crippen LogP contribution < -0.4 is 17.0 Å². The summed E-state index contributed by atoms with van der Waals surface area (Å²) in [5.74, 6) is 5.19. The number of nitrogens with two attached hydrogens (primary N) is 2.